The van der Waals surface area contributed by atoms with Crippen LogP contribution in [0.15, 0.2) is 30.6 Å². The van der Waals surface area contributed by atoms with Crippen LogP contribution < -0.4 is 4.74 Å². The van der Waals surface area contributed by atoms with Crippen molar-refractivity contribution in [2.45, 2.75) is 56.6 Å². The molecule has 3 fully saturated rings. The first-order valence-electron chi connectivity index (χ1n) is 9.13. The molecule has 0 bridgehead atoms. The lowest BCUT2D eigenvalue weighted by molar-refractivity contribution is -0.162. The first-order chi connectivity index (χ1) is 12.5. The summed E-state index contributed by atoms with van der Waals surface area (Å²) in [6.45, 7) is 1.94. The van der Waals surface area contributed by atoms with Crippen molar-refractivity contribution < 1.29 is 14.3 Å². The average Bonchev–Trinajstić information content (AvgIpc) is 3.25. The van der Waals surface area contributed by atoms with Gasteiger partial charge in [-0.05, 0) is 38.0 Å². The van der Waals surface area contributed by atoms with Crippen LogP contribution in [0.2, 0.25) is 0 Å². The lowest BCUT2D eigenvalue weighted by Crippen LogP contribution is -2.56. The van der Waals surface area contributed by atoms with E-state index in [9.17, 15) is 4.79 Å². The third-order valence-corrected chi connectivity index (χ3v) is 5.70. The Hall–Kier alpha value is -2.41. The van der Waals surface area contributed by atoms with E-state index >= 15 is 0 Å². The molecule has 136 valence electrons. The minimum absolute atomic E-state index is 0.00298. The highest BCUT2D eigenvalue weighted by atomic mass is 16.6. The molecular formula is C19H22N4O3. The van der Waals surface area contributed by atoms with Crippen LogP contribution in [0, 0.1) is 6.92 Å². The number of aryl methyl sites for hydroxylation is 2. The molecule has 1 amide bonds. The first kappa shape index (κ1) is 15.8. The van der Waals surface area contributed by atoms with Gasteiger partial charge >= 0.3 is 0 Å². The number of amides is 1. The summed E-state index contributed by atoms with van der Waals surface area (Å²) in [6, 6.07) is 5.85. The number of carbonyl (C=O) groups is 1. The zero-order valence-corrected chi connectivity index (χ0v) is 15.0. The Balaban J connectivity index is 1.28. The Morgan fingerprint density at radius 2 is 2.12 bits per heavy atom. The van der Waals surface area contributed by atoms with Crippen LogP contribution in [-0.4, -0.2) is 43.5 Å². The lowest BCUT2D eigenvalue weighted by atomic mass is 9.76. The fourth-order valence-corrected chi connectivity index (χ4v) is 4.36. The van der Waals surface area contributed by atoms with Gasteiger partial charge < -0.3 is 14.4 Å². The van der Waals surface area contributed by atoms with Gasteiger partial charge in [-0.1, -0.05) is 0 Å². The fourth-order valence-electron chi connectivity index (χ4n) is 4.36. The van der Waals surface area contributed by atoms with Crippen LogP contribution in [0.3, 0.4) is 0 Å². The molecular weight excluding hydrogens is 332 g/mol. The van der Waals surface area contributed by atoms with Crippen molar-refractivity contribution in [1.82, 2.24) is 19.7 Å². The van der Waals surface area contributed by atoms with Gasteiger partial charge in [0.05, 0.1) is 17.9 Å². The highest BCUT2D eigenvalue weighted by Crippen LogP contribution is 2.51. The van der Waals surface area contributed by atoms with Gasteiger partial charge in [0, 0.05) is 31.8 Å². The number of nitrogens with zero attached hydrogens (tertiary/aromatic N) is 4. The summed E-state index contributed by atoms with van der Waals surface area (Å²) in [5, 5.41) is 4.49. The Kier molecular flexibility index (Phi) is 3.37. The Bertz CT molecular complexity index is 841. The largest absolute Gasteiger partial charge is 0.489 e. The molecule has 2 aliphatic heterocycles. The van der Waals surface area contributed by atoms with Crippen molar-refractivity contribution in [3.05, 3.63) is 42.0 Å². The topological polar surface area (TPSA) is 69.5 Å². The molecule has 4 heterocycles. The van der Waals surface area contributed by atoms with Crippen molar-refractivity contribution >= 4 is 5.91 Å². The zero-order valence-electron chi connectivity index (χ0n) is 15.0. The molecule has 2 saturated heterocycles. The van der Waals surface area contributed by atoms with Crippen LogP contribution in [0.5, 0.6) is 5.75 Å². The molecule has 5 rings (SSSR count). The Morgan fingerprint density at radius 3 is 2.81 bits per heavy atom. The van der Waals surface area contributed by atoms with Gasteiger partial charge in [-0.3, -0.25) is 14.5 Å². The van der Waals surface area contributed by atoms with E-state index in [0.29, 0.717) is 12.8 Å². The number of aromatic nitrogens is 3. The molecule has 2 atom stereocenters. The van der Waals surface area contributed by atoms with E-state index in [-0.39, 0.29) is 24.3 Å². The highest BCUT2D eigenvalue weighted by molar-refractivity contribution is 5.89. The van der Waals surface area contributed by atoms with Gasteiger partial charge in [-0.2, -0.15) is 5.10 Å². The fraction of sp³-hybridized carbons (Fsp3) is 0.526. The van der Waals surface area contributed by atoms with E-state index in [4.69, 9.17) is 9.47 Å². The van der Waals surface area contributed by atoms with Gasteiger partial charge in [-0.15, -0.1) is 0 Å². The number of hydrogen-bond acceptors (Lipinski definition) is 5. The molecule has 2 aromatic heterocycles. The van der Waals surface area contributed by atoms with E-state index < -0.39 is 5.60 Å². The van der Waals surface area contributed by atoms with E-state index in [1.54, 1.807) is 10.9 Å². The zero-order chi connectivity index (χ0) is 17.9. The second-order valence-electron chi connectivity index (χ2n) is 7.57. The number of hydrogen-bond donors (Lipinski definition) is 0. The summed E-state index contributed by atoms with van der Waals surface area (Å²) in [5.41, 5.74) is 1.20. The van der Waals surface area contributed by atoms with Crippen molar-refractivity contribution in [3.8, 4) is 5.75 Å². The Morgan fingerprint density at radius 1 is 1.27 bits per heavy atom. The van der Waals surface area contributed by atoms with E-state index in [1.807, 2.05) is 43.3 Å². The van der Waals surface area contributed by atoms with Crippen LogP contribution in [0.1, 0.15) is 43.1 Å². The van der Waals surface area contributed by atoms with Crippen LogP contribution in [0.4, 0.5) is 0 Å². The lowest BCUT2D eigenvalue weighted by Gasteiger charge is -2.42. The monoisotopic (exact) mass is 354 g/mol. The highest BCUT2D eigenvalue weighted by Gasteiger charge is 2.63. The predicted molar refractivity (Wildman–Crippen MR) is 92.3 cm³/mol. The van der Waals surface area contributed by atoms with Gasteiger partial charge in [0.1, 0.15) is 18.1 Å². The minimum atomic E-state index is -0.707. The molecule has 0 N–H and O–H groups in total. The number of ether oxygens (including phenoxy) is 2. The van der Waals surface area contributed by atoms with Crippen LogP contribution >= 0.6 is 0 Å². The second kappa shape index (κ2) is 5.54. The van der Waals surface area contributed by atoms with Gasteiger partial charge in [0.2, 0.25) is 0 Å². The molecule has 1 aliphatic carbocycles. The summed E-state index contributed by atoms with van der Waals surface area (Å²) < 4.78 is 13.9. The Labute approximate surface area is 151 Å². The maximum absolute atomic E-state index is 13.1. The van der Waals surface area contributed by atoms with Gasteiger partial charge in [-0.25, -0.2) is 0 Å². The smallest absolute Gasteiger partial charge is 0.257 e. The molecule has 7 nitrogen and oxygen atoms in total. The van der Waals surface area contributed by atoms with E-state index in [2.05, 4.69) is 10.1 Å². The first-order valence-corrected chi connectivity index (χ1v) is 9.13. The summed E-state index contributed by atoms with van der Waals surface area (Å²) in [7, 11) is 1.90. The van der Waals surface area contributed by atoms with Crippen molar-refractivity contribution in [2.75, 3.05) is 0 Å². The molecule has 26 heavy (non-hydrogen) atoms. The predicted octanol–water partition coefficient (Wildman–Crippen LogP) is 2.12. The molecule has 7 heteroatoms. The molecule has 3 aliphatic rings. The number of fused-ring (bicyclic) bond motifs is 1. The maximum Gasteiger partial charge on any atom is 0.257 e. The van der Waals surface area contributed by atoms with E-state index in [1.165, 1.54) is 0 Å². The van der Waals surface area contributed by atoms with Crippen LogP contribution in [-0.2, 0) is 16.6 Å². The van der Waals surface area contributed by atoms with Gasteiger partial charge in [0.15, 0.2) is 5.60 Å². The standard InChI is InChI=1S/C19H22N4O3/c1-12-3-4-13(11-20-12)25-14-9-19(10-14)18(24)23-16(5-6-17(23)26-19)15-7-8-22(2)21-15/h3-4,7-8,11,14,16-17H,5-6,9-10H2,1-2H3/t14?,16-,17+,19?/m0/s1. The third kappa shape index (κ3) is 2.34. The van der Waals surface area contributed by atoms with E-state index in [0.717, 1.165) is 30.0 Å². The summed E-state index contributed by atoms with van der Waals surface area (Å²) in [6.07, 6.45) is 6.48. The molecule has 0 radical (unpaired) electrons. The van der Waals surface area contributed by atoms with Crippen molar-refractivity contribution in [1.29, 1.82) is 0 Å². The maximum atomic E-state index is 13.1. The molecule has 1 saturated carbocycles. The third-order valence-electron chi connectivity index (χ3n) is 5.70. The molecule has 2 aromatic rings. The molecule has 1 spiro atoms. The minimum Gasteiger partial charge on any atom is -0.489 e. The normalized spacial score (nSPS) is 32.8. The summed E-state index contributed by atoms with van der Waals surface area (Å²) >= 11 is 0. The molecule has 0 unspecified atom stereocenters. The van der Waals surface area contributed by atoms with Crippen molar-refractivity contribution in [2.24, 2.45) is 7.05 Å². The molecule has 0 aromatic carbocycles. The second-order valence-corrected chi connectivity index (χ2v) is 7.57. The number of carbonyl (C=O) groups excluding carboxylic acids is 1. The van der Waals surface area contributed by atoms with Crippen molar-refractivity contribution in [3.63, 3.8) is 0 Å². The SMILES string of the molecule is Cc1ccc(OC2CC3(C2)O[C@@H]2CC[C@@H](c4ccn(C)n4)N2C3=O)cn1. The van der Waals surface area contributed by atoms with Gasteiger partial charge in [0.25, 0.3) is 5.91 Å². The summed E-state index contributed by atoms with van der Waals surface area (Å²) in [5.74, 6) is 0.838. The average molecular weight is 354 g/mol. The number of rotatable bonds is 3. The van der Waals surface area contributed by atoms with Crippen LogP contribution in [0.25, 0.3) is 0 Å². The summed E-state index contributed by atoms with van der Waals surface area (Å²) in [4.78, 5) is 19.3. The quantitative estimate of drug-likeness (QED) is 0.844. The number of pyridine rings is 1.